The Kier molecular flexibility index (Phi) is 5.51. The highest BCUT2D eigenvalue weighted by molar-refractivity contribution is 6.35. The third-order valence-electron chi connectivity index (χ3n) is 4.23. The SMILES string of the molecule is Clc1ccc(CNc2nnc(-c3ccccc3)c(-c3ccccc3)n2)c(Cl)c1. The first-order valence-corrected chi connectivity index (χ1v) is 9.49. The molecule has 0 bridgehead atoms. The summed E-state index contributed by atoms with van der Waals surface area (Å²) in [6.45, 7) is 0.469. The van der Waals surface area contributed by atoms with Crippen LogP contribution in [-0.4, -0.2) is 15.2 Å². The molecule has 0 atom stereocenters. The first-order chi connectivity index (χ1) is 13.7. The van der Waals surface area contributed by atoms with E-state index in [0.29, 0.717) is 22.5 Å². The smallest absolute Gasteiger partial charge is 0.243 e. The maximum atomic E-state index is 6.25. The van der Waals surface area contributed by atoms with Gasteiger partial charge in [-0.3, -0.25) is 0 Å². The Bertz CT molecular complexity index is 1090. The van der Waals surface area contributed by atoms with E-state index in [9.17, 15) is 0 Å². The zero-order chi connectivity index (χ0) is 19.3. The van der Waals surface area contributed by atoms with Crippen LogP contribution in [0.3, 0.4) is 0 Å². The molecule has 0 aliphatic rings. The molecule has 1 N–H and O–H groups in total. The van der Waals surface area contributed by atoms with E-state index in [2.05, 4.69) is 15.5 Å². The Labute approximate surface area is 173 Å². The molecule has 0 saturated heterocycles. The first-order valence-electron chi connectivity index (χ1n) is 8.74. The van der Waals surface area contributed by atoms with Crippen LogP contribution in [0.25, 0.3) is 22.5 Å². The standard InChI is InChI=1S/C22H16Cl2N4/c23-18-12-11-17(19(24)13-18)14-25-22-26-20(15-7-3-1-4-8-15)21(27-28-22)16-9-5-2-6-10-16/h1-13H,14H2,(H,25,26,28). The van der Waals surface area contributed by atoms with Gasteiger partial charge in [0.15, 0.2) is 0 Å². The highest BCUT2D eigenvalue weighted by Gasteiger charge is 2.13. The monoisotopic (exact) mass is 406 g/mol. The van der Waals surface area contributed by atoms with Crippen molar-refractivity contribution in [1.82, 2.24) is 15.2 Å². The Balaban J connectivity index is 1.68. The molecule has 4 rings (SSSR count). The van der Waals surface area contributed by atoms with Gasteiger partial charge in [0.1, 0.15) is 11.4 Å². The number of benzene rings is 3. The molecule has 28 heavy (non-hydrogen) atoms. The number of hydrogen-bond acceptors (Lipinski definition) is 4. The van der Waals surface area contributed by atoms with Gasteiger partial charge in [0.25, 0.3) is 0 Å². The minimum absolute atomic E-state index is 0.435. The van der Waals surface area contributed by atoms with Crippen molar-refractivity contribution < 1.29 is 0 Å². The van der Waals surface area contributed by atoms with E-state index in [4.69, 9.17) is 28.2 Å². The second-order valence-electron chi connectivity index (χ2n) is 6.15. The van der Waals surface area contributed by atoms with E-state index in [-0.39, 0.29) is 0 Å². The number of halogens is 2. The molecule has 0 radical (unpaired) electrons. The molecule has 0 amide bonds. The topological polar surface area (TPSA) is 50.7 Å². The quantitative estimate of drug-likeness (QED) is 0.433. The third kappa shape index (κ3) is 4.14. The largest absolute Gasteiger partial charge is 0.349 e. The average Bonchev–Trinajstić information content (AvgIpc) is 2.74. The number of anilines is 1. The fourth-order valence-corrected chi connectivity index (χ4v) is 3.30. The molecule has 4 nitrogen and oxygen atoms in total. The normalized spacial score (nSPS) is 10.6. The summed E-state index contributed by atoms with van der Waals surface area (Å²) in [6.07, 6.45) is 0. The number of nitrogens with zero attached hydrogens (tertiary/aromatic N) is 3. The van der Waals surface area contributed by atoms with Crippen LogP contribution < -0.4 is 5.32 Å². The molecule has 0 aliphatic carbocycles. The van der Waals surface area contributed by atoms with Gasteiger partial charge in [-0.15, -0.1) is 10.2 Å². The molecule has 1 heterocycles. The highest BCUT2D eigenvalue weighted by Crippen LogP contribution is 2.29. The summed E-state index contributed by atoms with van der Waals surface area (Å²) in [4.78, 5) is 4.73. The fourth-order valence-electron chi connectivity index (χ4n) is 2.83. The van der Waals surface area contributed by atoms with Gasteiger partial charge >= 0.3 is 0 Å². The Morgan fingerprint density at radius 2 is 1.36 bits per heavy atom. The van der Waals surface area contributed by atoms with Crippen LogP contribution in [0.5, 0.6) is 0 Å². The summed E-state index contributed by atoms with van der Waals surface area (Å²) >= 11 is 12.2. The third-order valence-corrected chi connectivity index (χ3v) is 4.82. The van der Waals surface area contributed by atoms with Crippen molar-refractivity contribution in [2.45, 2.75) is 6.54 Å². The minimum atomic E-state index is 0.435. The van der Waals surface area contributed by atoms with Crippen molar-refractivity contribution in [3.63, 3.8) is 0 Å². The second kappa shape index (κ2) is 8.38. The molecule has 0 fully saturated rings. The van der Waals surface area contributed by atoms with Crippen LogP contribution in [0.1, 0.15) is 5.56 Å². The van der Waals surface area contributed by atoms with Crippen molar-refractivity contribution in [1.29, 1.82) is 0 Å². The van der Waals surface area contributed by atoms with Crippen LogP contribution in [0, 0.1) is 0 Å². The van der Waals surface area contributed by atoms with Crippen LogP contribution in [0.4, 0.5) is 5.95 Å². The lowest BCUT2D eigenvalue weighted by Crippen LogP contribution is -2.07. The van der Waals surface area contributed by atoms with Crippen LogP contribution in [-0.2, 0) is 6.54 Å². The van der Waals surface area contributed by atoms with E-state index < -0.39 is 0 Å². The summed E-state index contributed by atoms with van der Waals surface area (Å²) in [5.41, 5.74) is 4.36. The molecule has 0 unspecified atom stereocenters. The second-order valence-corrected chi connectivity index (χ2v) is 7.00. The molecule has 0 saturated carbocycles. The highest BCUT2D eigenvalue weighted by atomic mass is 35.5. The van der Waals surface area contributed by atoms with Crippen molar-refractivity contribution in [2.75, 3.05) is 5.32 Å². The summed E-state index contributed by atoms with van der Waals surface area (Å²) < 4.78 is 0. The van der Waals surface area contributed by atoms with E-state index in [0.717, 1.165) is 28.1 Å². The van der Waals surface area contributed by atoms with Crippen molar-refractivity contribution in [3.05, 3.63) is 94.5 Å². The predicted octanol–water partition coefficient (Wildman–Crippen LogP) is 6.12. The van der Waals surface area contributed by atoms with Gasteiger partial charge in [-0.25, -0.2) is 4.98 Å². The van der Waals surface area contributed by atoms with Gasteiger partial charge in [0, 0.05) is 27.7 Å². The summed E-state index contributed by atoms with van der Waals surface area (Å²) in [6, 6.07) is 25.3. The molecule has 0 spiro atoms. The number of hydrogen-bond donors (Lipinski definition) is 1. The van der Waals surface area contributed by atoms with Crippen LogP contribution in [0.2, 0.25) is 10.0 Å². The van der Waals surface area contributed by atoms with E-state index >= 15 is 0 Å². The summed E-state index contributed by atoms with van der Waals surface area (Å²) in [5, 5.41) is 13.1. The Hall–Kier alpha value is -2.95. The van der Waals surface area contributed by atoms with Gasteiger partial charge in [-0.05, 0) is 17.7 Å². The lowest BCUT2D eigenvalue weighted by atomic mass is 10.0. The molecule has 138 valence electrons. The van der Waals surface area contributed by atoms with Gasteiger partial charge in [0.05, 0.1) is 0 Å². The van der Waals surface area contributed by atoms with Crippen LogP contribution >= 0.6 is 23.2 Å². The fraction of sp³-hybridized carbons (Fsp3) is 0.0455. The van der Waals surface area contributed by atoms with E-state index in [1.165, 1.54) is 0 Å². The van der Waals surface area contributed by atoms with Gasteiger partial charge in [-0.1, -0.05) is 89.9 Å². The molecule has 6 heteroatoms. The number of rotatable bonds is 5. The van der Waals surface area contributed by atoms with Gasteiger partial charge in [0.2, 0.25) is 5.95 Å². The average molecular weight is 407 g/mol. The van der Waals surface area contributed by atoms with Gasteiger partial charge < -0.3 is 5.32 Å². The van der Waals surface area contributed by atoms with Crippen molar-refractivity contribution >= 4 is 29.2 Å². The maximum absolute atomic E-state index is 6.25. The van der Waals surface area contributed by atoms with Gasteiger partial charge in [-0.2, -0.15) is 0 Å². The molecule has 3 aromatic carbocycles. The Morgan fingerprint density at radius 1 is 0.714 bits per heavy atom. The lowest BCUT2D eigenvalue weighted by molar-refractivity contribution is 0.955. The first kappa shape index (κ1) is 18.4. The van der Waals surface area contributed by atoms with Crippen molar-refractivity contribution in [3.8, 4) is 22.5 Å². The number of aromatic nitrogens is 3. The molecular formula is C22H16Cl2N4. The zero-order valence-electron chi connectivity index (χ0n) is 14.8. The number of nitrogens with one attached hydrogen (secondary N) is 1. The van der Waals surface area contributed by atoms with Crippen molar-refractivity contribution in [2.24, 2.45) is 0 Å². The predicted molar refractivity (Wildman–Crippen MR) is 114 cm³/mol. The van der Waals surface area contributed by atoms with E-state index in [1.807, 2.05) is 66.7 Å². The zero-order valence-corrected chi connectivity index (χ0v) is 16.3. The molecule has 4 aromatic rings. The molecule has 1 aromatic heterocycles. The van der Waals surface area contributed by atoms with Crippen LogP contribution in [0.15, 0.2) is 78.9 Å². The summed E-state index contributed by atoms with van der Waals surface area (Å²) in [5.74, 6) is 0.435. The Morgan fingerprint density at radius 3 is 2.00 bits per heavy atom. The maximum Gasteiger partial charge on any atom is 0.243 e. The summed E-state index contributed by atoms with van der Waals surface area (Å²) in [7, 11) is 0. The van der Waals surface area contributed by atoms with E-state index in [1.54, 1.807) is 12.1 Å². The molecular weight excluding hydrogens is 391 g/mol. The minimum Gasteiger partial charge on any atom is -0.349 e. The lowest BCUT2D eigenvalue weighted by Gasteiger charge is -2.11. The molecule has 0 aliphatic heterocycles.